The average Bonchev–Trinajstić information content (AvgIpc) is 2.83. The molecule has 0 unspecified atom stereocenters. The zero-order valence-electron chi connectivity index (χ0n) is 24.0. The summed E-state index contributed by atoms with van der Waals surface area (Å²) in [6.45, 7) is 6.16. The van der Waals surface area contributed by atoms with Crippen molar-refractivity contribution in [1.29, 1.82) is 0 Å². The number of primary amides is 1. The number of aliphatic hydroxyl groups is 4. The van der Waals surface area contributed by atoms with Crippen molar-refractivity contribution >= 4 is 29.1 Å². The van der Waals surface area contributed by atoms with Gasteiger partial charge in [-0.2, -0.15) is 0 Å². The van der Waals surface area contributed by atoms with Crippen LogP contribution in [0.5, 0.6) is 5.75 Å². The van der Waals surface area contributed by atoms with Gasteiger partial charge in [0.25, 0.3) is 5.91 Å². The van der Waals surface area contributed by atoms with Crippen molar-refractivity contribution in [3.8, 4) is 5.75 Å². The van der Waals surface area contributed by atoms with Gasteiger partial charge in [0.2, 0.25) is 5.78 Å². The number of halogens is 1. The summed E-state index contributed by atoms with van der Waals surface area (Å²) in [5, 5.41) is 55.2. The molecule has 0 saturated heterocycles. The van der Waals surface area contributed by atoms with Crippen molar-refractivity contribution < 1.29 is 39.9 Å². The lowest BCUT2D eigenvalue weighted by molar-refractivity contribution is -0.148. The summed E-state index contributed by atoms with van der Waals surface area (Å²) < 4.78 is 0. The molecule has 0 spiro atoms. The van der Waals surface area contributed by atoms with E-state index < -0.39 is 58.0 Å². The van der Waals surface area contributed by atoms with E-state index in [-0.39, 0.29) is 59.4 Å². The highest BCUT2D eigenvalue weighted by molar-refractivity contribution is 6.33. The minimum absolute atomic E-state index is 0.0242. The Morgan fingerprint density at radius 1 is 1.20 bits per heavy atom. The third-order valence-corrected chi connectivity index (χ3v) is 9.33. The van der Waals surface area contributed by atoms with Crippen molar-refractivity contribution in [2.24, 2.45) is 23.0 Å². The van der Waals surface area contributed by atoms with Crippen LogP contribution in [0.1, 0.15) is 48.7 Å². The molecular weight excluding hydrogens is 554 g/mol. The number of Topliss-reactive ketones (excluding diaryl/α,β-unsaturated/α-hetero) is 2. The highest BCUT2D eigenvalue weighted by Crippen LogP contribution is 2.53. The van der Waals surface area contributed by atoms with Gasteiger partial charge in [0, 0.05) is 29.1 Å². The van der Waals surface area contributed by atoms with Gasteiger partial charge in [-0.1, -0.05) is 32.4 Å². The fourth-order valence-electron chi connectivity index (χ4n) is 6.92. The number of hydrogen-bond donors (Lipinski definition) is 6. The molecule has 0 bridgehead atoms. The number of likely N-dealkylation sites (N-methyl/N-ethyl adjacent to an activating group) is 2. The number of phenols is 1. The van der Waals surface area contributed by atoms with Crippen LogP contribution in [0.2, 0.25) is 5.02 Å². The molecule has 1 aromatic carbocycles. The Kier molecular flexibility index (Phi) is 7.85. The van der Waals surface area contributed by atoms with Crippen LogP contribution in [0.25, 0.3) is 0 Å². The Bertz CT molecular complexity index is 1400. The average molecular weight is 592 g/mol. The number of hydrogen-bond acceptors (Lipinski definition) is 10. The van der Waals surface area contributed by atoms with Crippen LogP contribution in [0.15, 0.2) is 28.7 Å². The first-order chi connectivity index (χ1) is 18.9. The third-order valence-electron chi connectivity index (χ3n) is 8.86. The van der Waals surface area contributed by atoms with Gasteiger partial charge in [0.05, 0.1) is 18.2 Å². The molecule has 12 heteroatoms. The van der Waals surface area contributed by atoms with Crippen molar-refractivity contribution in [2.45, 2.75) is 57.8 Å². The van der Waals surface area contributed by atoms with Crippen LogP contribution in [0, 0.1) is 17.3 Å². The molecule has 1 aromatic rings. The number of aromatic hydroxyl groups is 1. The Labute approximate surface area is 243 Å². The van der Waals surface area contributed by atoms with Gasteiger partial charge in [0.15, 0.2) is 11.4 Å². The van der Waals surface area contributed by atoms with E-state index in [1.54, 1.807) is 14.1 Å². The minimum Gasteiger partial charge on any atom is -0.510 e. The third kappa shape index (κ3) is 4.64. The SMILES string of the molecule is CN(C)[C@@H]1C(O)=C(C(N)=O)C(=O)[C@@]2(O)C(O)=C3C(=O)c4c(O)cc(CN(C)[C@H](CO)C(C)(C)C)c(Cl)c4C[C@H]3C[C@@H]12. The largest absolute Gasteiger partial charge is 0.510 e. The Balaban J connectivity index is 1.84. The number of ketones is 2. The van der Waals surface area contributed by atoms with E-state index in [2.05, 4.69) is 0 Å². The molecule has 41 heavy (non-hydrogen) atoms. The number of carbonyl (C=O) groups excluding carboxylic acids is 3. The molecule has 224 valence electrons. The predicted molar refractivity (Wildman–Crippen MR) is 150 cm³/mol. The molecular formula is C29H38ClN3O8. The highest BCUT2D eigenvalue weighted by Gasteiger charge is 2.63. The summed E-state index contributed by atoms with van der Waals surface area (Å²) in [5.74, 6) is -7.12. The zero-order chi connectivity index (χ0) is 30.9. The summed E-state index contributed by atoms with van der Waals surface area (Å²) >= 11 is 6.84. The van der Waals surface area contributed by atoms with E-state index in [1.165, 1.54) is 11.0 Å². The van der Waals surface area contributed by atoms with Gasteiger partial charge in [-0.15, -0.1) is 0 Å². The maximum atomic E-state index is 13.8. The number of nitrogens with zero attached hydrogens (tertiary/aromatic N) is 2. The second kappa shape index (κ2) is 10.4. The van der Waals surface area contributed by atoms with Crippen molar-refractivity contribution in [3.63, 3.8) is 0 Å². The number of nitrogens with two attached hydrogens (primary N) is 1. The summed E-state index contributed by atoms with van der Waals surface area (Å²) in [6, 6.07) is 0.0702. The molecule has 3 aliphatic rings. The Hall–Kier alpha value is -2.96. The number of amides is 1. The molecule has 7 N–H and O–H groups in total. The molecule has 0 fully saturated rings. The van der Waals surface area contributed by atoms with E-state index in [9.17, 15) is 39.9 Å². The van der Waals surface area contributed by atoms with Gasteiger partial charge in [-0.3, -0.25) is 24.2 Å². The van der Waals surface area contributed by atoms with Crippen LogP contribution in [0.4, 0.5) is 0 Å². The minimum atomic E-state index is -2.70. The maximum absolute atomic E-state index is 13.8. The quantitative estimate of drug-likeness (QED) is 0.266. The summed E-state index contributed by atoms with van der Waals surface area (Å²) in [5.41, 5.74) is 2.07. The van der Waals surface area contributed by atoms with E-state index >= 15 is 0 Å². The molecule has 1 amide bonds. The van der Waals surface area contributed by atoms with Gasteiger partial charge in [-0.05, 0) is 62.5 Å². The number of rotatable bonds is 6. The lowest BCUT2D eigenvalue weighted by Crippen LogP contribution is -2.63. The molecule has 0 aliphatic heterocycles. The number of allylic oxidation sites excluding steroid dienone is 1. The molecule has 5 atom stereocenters. The Morgan fingerprint density at radius 3 is 2.32 bits per heavy atom. The first-order valence-corrected chi connectivity index (χ1v) is 13.8. The molecule has 3 aliphatic carbocycles. The van der Waals surface area contributed by atoms with Crippen LogP contribution in [-0.4, -0.2) is 98.2 Å². The lowest BCUT2D eigenvalue weighted by atomic mass is 9.58. The summed E-state index contributed by atoms with van der Waals surface area (Å²) in [7, 11) is 4.97. The zero-order valence-corrected chi connectivity index (χ0v) is 24.8. The van der Waals surface area contributed by atoms with Gasteiger partial charge >= 0.3 is 0 Å². The molecule has 4 rings (SSSR count). The fraction of sp³-hybridized carbons (Fsp3) is 0.552. The van der Waals surface area contributed by atoms with Crippen LogP contribution < -0.4 is 5.73 Å². The standard InChI is InChI=1S/C29H38ClN3O8/c1-28(2,3)17(11-34)33(6)10-13-9-16(35)19-14(21(13)30)7-12-8-15-22(32(4)5)24(37)20(27(31)40)26(39)29(15,41)25(38)18(12)23(19)36/h9,12,15,17,22,34-35,37-38,41H,7-8,10-11H2,1-6H3,(H2,31,40)/t12-,15-,17+,22-,29-/m0/s1. The smallest absolute Gasteiger partial charge is 0.255 e. The first kappa shape index (κ1) is 31.0. The molecule has 0 radical (unpaired) electrons. The maximum Gasteiger partial charge on any atom is 0.255 e. The van der Waals surface area contributed by atoms with E-state index in [4.69, 9.17) is 17.3 Å². The van der Waals surface area contributed by atoms with Crippen LogP contribution in [-0.2, 0) is 22.6 Å². The topological polar surface area (TPSA) is 185 Å². The van der Waals surface area contributed by atoms with Gasteiger partial charge in [-0.25, -0.2) is 0 Å². The number of benzene rings is 1. The second-order valence-corrected chi connectivity index (χ2v) is 13.0. The number of fused-ring (bicyclic) bond motifs is 3. The second-order valence-electron chi connectivity index (χ2n) is 12.7. The lowest BCUT2D eigenvalue weighted by Gasteiger charge is -2.50. The summed E-state index contributed by atoms with van der Waals surface area (Å²) in [4.78, 5) is 42.7. The van der Waals surface area contributed by atoms with E-state index in [0.717, 1.165) is 0 Å². The van der Waals surface area contributed by atoms with Gasteiger partial charge in [0.1, 0.15) is 22.8 Å². The molecule has 11 nitrogen and oxygen atoms in total. The molecule has 0 aromatic heterocycles. The van der Waals surface area contributed by atoms with Crippen molar-refractivity contribution in [2.75, 3.05) is 27.7 Å². The first-order valence-electron chi connectivity index (χ1n) is 13.4. The van der Waals surface area contributed by atoms with Crippen molar-refractivity contribution in [1.82, 2.24) is 9.80 Å². The van der Waals surface area contributed by atoms with Gasteiger partial charge < -0.3 is 31.3 Å². The Morgan fingerprint density at radius 2 is 1.80 bits per heavy atom. The number of aliphatic hydroxyl groups excluding tert-OH is 3. The van der Waals surface area contributed by atoms with Crippen LogP contribution in [0.3, 0.4) is 0 Å². The van der Waals surface area contributed by atoms with E-state index in [1.807, 2.05) is 32.7 Å². The van der Waals surface area contributed by atoms with Crippen LogP contribution >= 0.6 is 11.6 Å². The van der Waals surface area contributed by atoms with E-state index in [0.29, 0.717) is 11.1 Å². The predicted octanol–water partition coefficient (Wildman–Crippen LogP) is 1.61. The van der Waals surface area contributed by atoms with Crippen molar-refractivity contribution in [3.05, 3.63) is 50.4 Å². The fourth-order valence-corrected chi connectivity index (χ4v) is 7.21. The highest BCUT2D eigenvalue weighted by atomic mass is 35.5. The summed E-state index contributed by atoms with van der Waals surface area (Å²) in [6.07, 6.45) is 0.0742. The molecule has 0 saturated carbocycles. The number of phenolic OH excluding ortho intramolecular Hbond substituents is 1. The normalized spacial score (nSPS) is 27.2. The monoisotopic (exact) mass is 591 g/mol. The molecule has 0 heterocycles. The number of carbonyl (C=O) groups is 3.